The zero-order valence-electron chi connectivity index (χ0n) is 12.9. The summed E-state index contributed by atoms with van der Waals surface area (Å²) in [6.07, 6.45) is -0.440. The summed E-state index contributed by atoms with van der Waals surface area (Å²) < 4.78 is 36.7. The van der Waals surface area contributed by atoms with E-state index in [-0.39, 0.29) is 18.0 Å². The standard InChI is InChI=1S/C14H20N2O5S/c1-11-4-5-12(20-2)13(10-11)22(18,19)16-8-6-15(7-9-16)14(17)21-3/h4-5,10H,6-9H2,1-3H3. The fourth-order valence-electron chi connectivity index (χ4n) is 2.36. The van der Waals surface area contributed by atoms with Crippen molar-refractivity contribution in [3.8, 4) is 5.75 Å². The lowest BCUT2D eigenvalue weighted by atomic mass is 10.2. The molecule has 7 nitrogen and oxygen atoms in total. The van der Waals surface area contributed by atoms with E-state index in [2.05, 4.69) is 4.74 Å². The summed E-state index contributed by atoms with van der Waals surface area (Å²) in [6, 6.07) is 5.04. The SMILES string of the molecule is COC(=O)N1CCN(S(=O)(=O)c2cc(C)ccc2OC)CC1. The molecule has 0 N–H and O–H groups in total. The lowest BCUT2D eigenvalue weighted by Gasteiger charge is -2.33. The van der Waals surface area contributed by atoms with Crippen molar-refractivity contribution in [1.82, 2.24) is 9.21 Å². The summed E-state index contributed by atoms with van der Waals surface area (Å²) in [4.78, 5) is 13.1. The Morgan fingerprint density at radius 1 is 1.14 bits per heavy atom. The number of piperazine rings is 1. The van der Waals surface area contributed by atoms with Gasteiger partial charge in [-0.05, 0) is 24.6 Å². The minimum absolute atomic E-state index is 0.154. The molecule has 8 heteroatoms. The molecular formula is C14H20N2O5S. The molecule has 1 saturated heterocycles. The fraction of sp³-hybridized carbons (Fsp3) is 0.500. The first-order valence-corrected chi connectivity index (χ1v) is 8.32. The van der Waals surface area contributed by atoms with Gasteiger partial charge in [0, 0.05) is 26.2 Å². The smallest absolute Gasteiger partial charge is 0.409 e. The maximum atomic E-state index is 12.8. The number of rotatable bonds is 3. The molecule has 0 aliphatic carbocycles. The number of nitrogens with zero attached hydrogens (tertiary/aromatic N) is 2. The summed E-state index contributed by atoms with van der Waals surface area (Å²) in [7, 11) is -0.902. The Labute approximate surface area is 130 Å². The van der Waals surface area contributed by atoms with Gasteiger partial charge in [0.25, 0.3) is 0 Å². The Hall–Kier alpha value is -1.80. The van der Waals surface area contributed by atoms with Crippen molar-refractivity contribution in [2.45, 2.75) is 11.8 Å². The summed E-state index contributed by atoms with van der Waals surface area (Å²) >= 11 is 0. The van der Waals surface area contributed by atoms with E-state index >= 15 is 0 Å². The van der Waals surface area contributed by atoms with Crippen LogP contribution in [0.3, 0.4) is 0 Å². The maximum Gasteiger partial charge on any atom is 0.409 e. The van der Waals surface area contributed by atoms with Crippen LogP contribution in [0.25, 0.3) is 0 Å². The highest BCUT2D eigenvalue weighted by Gasteiger charge is 2.32. The minimum Gasteiger partial charge on any atom is -0.495 e. The van der Waals surface area contributed by atoms with Crippen molar-refractivity contribution in [2.75, 3.05) is 40.4 Å². The van der Waals surface area contributed by atoms with Gasteiger partial charge in [-0.1, -0.05) is 6.07 Å². The number of ether oxygens (including phenoxy) is 2. The molecule has 0 radical (unpaired) electrons. The quantitative estimate of drug-likeness (QED) is 0.830. The molecule has 0 unspecified atom stereocenters. The third-order valence-electron chi connectivity index (χ3n) is 3.61. The molecule has 1 fully saturated rings. The van der Waals surface area contributed by atoms with Crippen LogP contribution in [-0.2, 0) is 14.8 Å². The summed E-state index contributed by atoms with van der Waals surface area (Å²) in [5.41, 5.74) is 0.840. The van der Waals surface area contributed by atoms with Gasteiger partial charge in [0.05, 0.1) is 14.2 Å². The van der Waals surface area contributed by atoms with Gasteiger partial charge in [0.15, 0.2) is 0 Å². The molecule has 122 valence electrons. The van der Waals surface area contributed by atoms with Gasteiger partial charge in [-0.3, -0.25) is 0 Å². The summed E-state index contributed by atoms with van der Waals surface area (Å²) in [5.74, 6) is 0.320. The first-order valence-electron chi connectivity index (χ1n) is 6.88. The molecule has 0 saturated carbocycles. The second kappa shape index (κ2) is 6.53. The number of amides is 1. The van der Waals surface area contributed by atoms with Gasteiger partial charge in [0.2, 0.25) is 10.0 Å². The van der Waals surface area contributed by atoms with Crippen LogP contribution in [0.2, 0.25) is 0 Å². The van der Waals surface area contributed by atoms with Gasteiger partial charge in [-0.25, -0.2) is 13.2 Å². The number of benzene rings is 1. The van der Waals surface area contributed by atoms with Gasteiger partial charge in [-0.2, -0.15) is 4.31 Å². The zero-order valence-corrected chi connectivity index (χ0v) is 13.7. The molecule has 1 aliphatic rings. The molecule has 0 spiro atoms. The Balaban J connectivity index is 2.22. The first-order chi connectivity index (χ1) is 10.4. The topological polar surface area (TPSA) is 76.2 Å². The van der Waals surface area contributed by atoms with E-state index in [9.17, 15) is 13.2 Å². The monoisotopic (exact) mass is 328 g/mol. The minimum atomic E-state index is -3.65. The van der Waals surface area contributed by atoms with Crippen molar-refractivity contribution < 1.29 is 22.7 Å². The average molecular weight is 328 g/mol. The zero-order chi connectivity index (χ0) is 16.3. The highest BCUT2D eigenvalue weighted by atomic mass is 32.2. The molecule has 1 aromatic carbocycles. The molecule has 0 bridgehead atoms. The van der Waals surface area contributed by atoms with Crippen LogP contribution in [0.1, 0.15) is 5.56 Å². The highest BCUT2D eigenvalue weighted by molar-refractivity contribution is 7.89. The normalized spacial score (nSPS) is 16.4. The Bertz CT molecular complexity index is 651. The Morgan fingerprint density at radius 2 is 1.77 bits per heavy atom. The molecule has 0 aromatic heterocycles. The van der Waals surface area contributed by atoms with Crippen LogP contribution in [0.5, 0.6) is 5.75 Å². The second-order valence-corrected chi connectivity index (χ2v) is 6.92. The second-order valence-electron chi connectivity index (χ2n) is 5.02. The van der Waals surface area contributed by atoms with E-state index < -0.39 is 16.1 Å². The summed E-state index contributed by atoms with van der Waals surface area (Å²) in [6.45, 7) is 2.90. The highest BCUT2D eigenvalue weighted by Crippen LogP contribution is 2.28. The molecular weight excluding hydrogens is 308 g/mol. The maximum absolute atomic E-state index is 12.8. The fourth-order valence-corrected chi connectivity index (χ4v) is 4.03. The number of carbonyl (C=O) groups is 1. The van der Waals surface area contributed by atoms with Crippen LogP contribution in [0.15, 0.2) is 23.1 Å². The van der Waals surface area contributed by atoms with Crippen molar-refractivity contribution >= 4 is 16.1 Å². The predicted molar refractivity (Wildman–Crippen MR) is 80.5 cm³/mol. The van der Waals surface area contributed by atoms with Crippen molar-refractivity contribution in [3.05, 3.63) is 23.8 Å². The molecule has 2 rings (SSSR count). The lowest BCUT2D eigenvalue weighted by molar-refractivity contribution is 0.108. The molecule has 1 amide bonds. The van der Waals surface area contributed by atoms with E-state index in [1.165, 1.54) is 23.4 Å². The molecule has 1 heterocycles. The first kappa shape index (κ1) is 16.6. The van der Waals surface area contributed by atoms with E-state index in [0.29, 0.717) is 18.8 Å². The number of methoxy groups -OCH3 is 2. The van der Waals surface area contributed by atoms with E-state index in [4.69, 9.17) is 4.74 Å². The third kappa shape index (κ3) is 3.17. The van der Waals surface area contributed by atoms with Gasteiger partial charge in [0.1, 0.15) is 10.6 Å². The van der Waals surface area contributed by atoms with Crippen LogP contribution in [0.4, 0.5) is 4.79 Å². The van der Waals surface area contributed by atoms with Crippen LogP contribution in [0, 0.1) is 6.92 Å². The van der Waals surface area contributed by atoms with Crippen LogP contribution < -0.4 is 4.74 Å². The van der Waals surface area contributed by atoms with Crippen molar-refractivity contribution in [1.29, 1.82) is 0 Å². The van der Waals surface area contributed by atoms with Crippen LogP contribution in [-0.4, -0.2) is 64.1 Å². The molecule has 0 atom stereocenters. The van der Waals surface area contributed by atoms with E-state index in [1.54, 1.807) is 18.2 Å². The Kier molecular flexibility index (Phi) is 4.92. The van der Waals surface area contributed by atoms with Gasteiger partial charge in [-0.15, -0.1) is 0 Å². The Morgan fingerprint density at radius 3 is 2.32 bits per heavy atom. The molecule has 22 heavy (non-hydrogen) atoms. The third-order valence-corrected chi connectivity index (χ3v) is 5.53. The van der Waals surface area contributed by atoms with E-state index in [1.807, 2.05) is 6.92 Å². The van der Waals surface area contributed by atoms with Crippen LogP contribution >= 0.6 is 0 Å². The molecule has 1 aliphatic heterocycles. The predicted octanol–water partition coefficient (Wildman–Crippen LogP) is 1.08. The number of sulfonamides is 1. The molecule has 1 aromatic rings. The van der Waals surface area contributed by atoms with Crippen molar-refractivity contribution in [3.63, 3.8) is 0 Å². The largest absolute Gasteiger partial charge is 0.495 e. The lowest BCUT2D eigenvalue weighted by Crippen LogP contribution is -2.50. The number of hydrogen-bond acceptors (Lipinski definition) is 5. The number of aryl methyl sites for hydroxylation is 1. The number of carbonyl (C=O) groups excluding carboxylic acids is 1. The van der Waals surface area contributed by atoms with Crippen molar-refractivity contribution in [2.24, 2.45) is 0 Å². The number of hydrogen-bond donors (Lipinski definition) is 0. The van der Waals surface area contributed by atoms with Gasteiger partial charge >= 0.3 is 6.09 Å². The average Bonchev–Trinajstić information content (AvgIpc) is 2.54. The van der Waals surface area contributed by atoms with Gasteiger partial charge < -0.3 is 14.4 Å². The summed E-state index contributed by atoms with van der Waals surface area (Å²) in [5, 5.41) is 0. The van der Waals surface area contributed by atoms with E-state index in [0.717, 1.165) is 5.56 Å².